The molecule has 0 aliphatic heterocycles. The van der Waals surface area contributed by atoms with Gasteiger partial charge in [0.25, 0.3) is 0 Å². The molecular weight excluding hydrogens is 1040 g/mol. The first-order chi connectivity index (χ1) is 39.7. The van der Waals surface area contributed by atoms with Gasteiger partial charge in [0, 0.05) is 11.4 Å². The lowest BCUT2D eigenvalue weighted by Gasteiger charge is -2.17. The zero-order valence-electron chi connectivity index (χ0n) is 57.5. The van der Waals surface area contributed by atoms with Crippen molar-refractivity contribution in [3.05, 3.63) is 225 Å². The minimum atomic E-state index is 0.422. The molecule has 0 fully saturated rings. The van der Waals surface area contributed by atoms with Crippen molar-refractivity contribution in [1.29, 1.82) is 15.8 Å². The number of benzene rings is 4. The molecule has 460 valence electrons. The van der Waals surface area contributed by atoms with Crippen molar-refractivity contribution in [3.63, 3.8) is 0 Å². The van der Waals surface area contributed by atoms with Crippen molar-refractivity contribution >= 4 is 11.4 Å². The van der Waals surface area contributed by atoms with E-state index >= 15 is 0 Å². The molecule has 0 saturated carbocycles. The number of aryl methyl sites for hydroxylation is 10. The highest BCUT2D eigenvalue weighted by Crippen LogP contribution is 2.22. The van der Waals surface area contributed by atoms with E-state index in [1.165, 1.54) is 61.2 Å². The van der Waals surface area contributed by atoms with E-state index in [1.807, 2.05) is 96.1 Å². The summed E-state index contributed by atoms with van der Waals surface area (Å²) in [6.45, 7) is 64.2. The molecule has 0 bridgehead atoms. The number of aliphatic imine (C=N–C) groups is 2. The van der Waals surface area contributed by atoms with Gasteiger partial charge in [-0.1, -0.05) is 210 Å². The third-order valence-corrected chi connectivity index (χ3v) is 9.60. The summed E-state index contributed by atoms with van der Waals surface area (Å²) in [6.07, 6.45) is 7.96. The molecule has 0 radical (unpaired) electrons. The quantitative estimate of drug-likeness (QED) is 0.0816. The second-order valence-corrected chi connectivity index (χ2v) is 21.6. The molecule has 0 aliphatic carbocycles. The lowest BCUT2D eigenvalue weighted by molar-refractivity contribution is 0.410. The Morgan fingerprint density at radius 2 is 0.588 bits per heavy atom. The number of allylic oxidation sites excluding steroid dienone is 4. The fraction of sp³-hybridized carbons (Fsp3) is 0.419. The molecule has 2 aromatic heterocycles. The monoisotopic (exact) mass is 1150 g/mol. The fourth-order valence-corrected chi connectivity index (χ4v) is 6.61. The smallest absolute Gasteiger partial charge is 0.205 e. The van der Waals surface area contributed by atoms with Crippen LogP contribution in [0.3, 0.4) is 0 Å². The lowest BCUT2D eigenvalue weighted by Crippen LogP contribution is -2.03. The Kier molecular flexibility index (Phi) is 52.8. The third kappa shape index (κ3) is 61.6. The van der Waals surface area contributed by atoms with Crippen molar-refractivity contribution in [2.45, 2.75) is 205 Å². The van der Waals surface area contributed by atoms with E-state index < -0.39 is 0 Å². The second-order valence-electron chi connectivity index (χ2n) is 21.6. The van der Waals surface area contributed by atoms with Gasteiger partial charge in [0.15, 0.2) is 0 Å². The van der Waals surface area contributed by atoms with Crippen LogP contribution in [0.1, 0.15) is 203 Å². The summed E-state index contributed by atoms with van der Waals surface area (Å²) >= 11 is 0. The summed E-state index contributed by atoms with van der Waals surface area (Å²) in [5.74, 6) is 4.75. The van der Waals surface area contributed by atoms with E-state index in [1.54, 1.807) is 40.1 Å². The highest BCUT2D eigenvalue weighted by molar-refractivity contribution is 5.80. The molecule has 2 heterocycles. The van der Waals surface area contributed by atoms with Crippen LogP contribution in [0.4, 0.5) is 0 Å². The van der Waals surface area contributed by atoms with Crippen LogP contribution in [-0.2, 0) is 12.8 Å². The van der Waals surface area contributed by atoms with Crippen molar-refractivity contribution in [2.75, 3.05) is 0 Å². The maximum absolute atomic E-state index is 7.93. The van der Waals surface area contributed by atoms with Crippen molar-refractivity contribution in [1.82, 2.24) is 29.9 Å². The van der Waals surface area contributed by atoms with Crippen LogP contribution in [0.2, 0.25) is 0 Å². The highest BCUT2D eigenvalue weighted by Gasteiger charge is 2.08. The molecule has 0 N–H and O–H groups in total. The topological polar surface area (TPSA) is 173 Å². The normalized spacial score (nSPS) is 8.92. The number of aromatic nitrogens is 6. The van der Waals surface area contributed by atoms with Crippen molar-refractivity contribution < 1.29 is 0 Å². The maximum Gasteiger partial charge on any atom is 0.205 e. The van der Waals surface area contributed by atoms with E-state index in [0.29, 0.717) is 11.8 Å². The van der Waals surface area contributed by atoms with E-state index in [2.05, 4.69) is 219 Å². The first-order valence-electron chi connectivity index (χ1n) is 29.0. The molecule has 4 aromatic carbocycles. The lowest BCUT2D eigenvalue weighted by atomic mass is 9.89. The average molecular weight is 1150 g/mol. The summed E-state index contributed by atoms with van der Waals surface area (Å²) in [7, 11) is 0. The number of rotatable bonds is 8. The average Bonchev–Trinajstić information content (AvgIpc) is 3.40. The Morgan fingerprint density at radius 3 is 0.671 bits per heavy atom. The zero-order chi connectivity index (χ0) is 66.7. The minimum absolute atomic E-state index is 0.422. The molecule has 0 amide bonds. The largest absolute Gasteiger partial charge is 0.219 e. The van der Waals surface area contributed by atoms with Crippen LogP contribution in [0.25, 0.3) is 0 Å². The van der Waals surface area contributed by atoms with E-state index in [9.17, 15) is 0 Å². The summed E-state index contributed by atoms with van der Waals surface area (Å²) in [6, 6.07) is 37.0. The number of nitrogens with zero attached hydrogens (tertiary/aromatic N) is 11. The molecule has 0 aliphatic rings. The number of nitriles is 3. The number of hydrogen-bond donors (Lipinski definition) is 0. The van der Waals surface area contributed by atoms with Gasteiger partial charge in [-0.05, 0) is 178 Å². The molecule has 0 atom stereocenters. The molecule has 0 saturated heterocycles. The first kappa shape index (κ1) is 85.5. The van der Waals surface area contributed by atoms with Gasteiger partial charge in [-0.2, -0.15) is 25.8 Å². The third-order valence-electron chi connectivity index (χ3n) is 9.60. The molecule has 6 rings (SSSR count). The van der Waals surface area contributed by atoms with Gasteiger partial charge in [-0.15, -0.1) is 6.58 Å². The van der Waals surface area contributed by atoms with Crippen LogP contribution in [0.15, 0.2) is 156 Å². The van der Waals surface area contributed by atoms with Crippen molar-refractivity contribution in [2.24, 2.45) is 15.4 Å². The summed E-state index contributed by atoms with van der Waals surface area (Å²) in [5, 5.41) is 23.5. The van der Waals surface area contributed by atoms with Gasteiger partial charge in [-0.3, -0.25) is 0 Å². The van der Waals surface area contributed by atoms with Crippen LogP contribution < -0.4 is 0 Å². The summed E-state index contributed by atoms with van der Waals surface area (Å²) in [4.78, 5) is 30.8. The Bertz CT molecular complexity index is 2600. The number of hydrogen-bond acceptors (Lipinski definition) is 11. The van der Waals surface area contributed by atoms with Crippen LogP contribution in [-0.4, -0.2) is 41.3 Å². The predicted molar refractivity (Wildman–Crippen MR) is 368 cm³/mol. The molecule has 85 heavy (non-hydrogen) atoms. The molecule has 6 aromatic rings. The van der Waals surface area contributed by atoms with Crippen LogP contribution in [0.5, 0.6) is 0 Å². The second kappa shape index (κ2) is 52.5. The van der Waals surface area contributed by atoms with E-state index in [-0.39, 0.29) is 0 Å². The van der Waals surface area contributed by atoms with Gasteiger partial charge in [-0.25, -0.2) is 29.9 Å². The summed E-state index contributed by atoms with van der Waals surface area (Å²) < 4.78 is 0. The Hall–Kier alpha value is -8.33. The van der Waals surface area contributed by atoms with Gasteiger partial charge < -0.3 is 0 Å². The fourth-order valence-electron chi connectivity index (χ4n) is 6.61. The zero-order valence-corrected chi connectivity index (χ0v) is 57.5. The van der Waals surface area contributed by atoms with Gasteiger partial charge in [0.2, 0.25) is 12.4 Å². The minimum Gasteiger partial charge on any atom is -0.219 e. The molecular formula is C74H109N11. The van der Waals surface area contributed by atoms with Gasteiger partial charge >= 0.3 is 0 Å². The van der Waals surface area contributed by atoms with Gasteiger partial charge in [0.05, 0.1) is 12.5 Å². The Morgan fingerprint density at radius 1 is 0.376 bits per heavy atom. The maximum atomic E-state index is 7.93. The molecule has 0 unspecified atom stereocenters. The van der Waals surface area contributed by atoms with Crippen molar-refractivity contribution in [3.8, 4) is 18.5 Å². The van der Waals surface area contributed by atoms with E-state index in [4.69, 9.17) is 15.8 Å². The predicted octanol–water partition coefficient (Wildman–Crippen LogP) is 20.3. The molecule has 11 nitrogen and oxygen atoms in total. The van der Waals surface area contributed by atoms with Crippen LogP contribution >= 0.6 is 0 Å². The molecule has 11 heteroatoms. The van der Waals surface area contributed by atoms with Crippen LogP contribution in [0, 0.1) is 109 Å². The SMILES string of the molecule is C=C(C)CC#N.C=C(C)CC(=C)C.C=C(C)CC(C)(C)C.CC.CC.CC(C)=NC#N.CC(C)=NC#N.Cc1ccc(Cc2ccc(C)cc2)cc1.Cc1ccc(Cc2ccc(C)cc2)cc1.Cc1nc(C)nc(C)n1.Cc1nc(C)nc(C)n1. The molecule has 0 spiro atoms. The standard InChI is InChI=1S/2C15H16.C8H16.C7H12.2C6H9N3.C5H7N.2C4H6N2.2C2H6/c2*1-12-3-7-14(8-4-12)11-15-9-5-13(2)6-10-15;1-7(2)6-8(3,4)5;1-6(2)5-7(3)4;2*1-4-7-5(2)9-6(3)8-4;1-5(2)3-4-6;2*1-4(2)6-3-5;2*1-2/h2*3-10H,11H2,1-2H3;1,6H2,2-5H3;1,3,5H2,2,4H3;2*1-3H3;1,3H2,2H3;2*1-2H3;2*1-2H3. The summed E-state index contributed by atoms with van der Waals surface area (Å²) in [5.41, 5.74) is 17.4. The van der Waals surface area contributed by atoms with Gasteiger partial charge in [0.1, 0.15) is 34.9 Å². The Labute approximate surface area is 518 Å². The Balaban J connectivity index is -0.000000287. The van der Waals surface area contributed by atoms with E-state index in [0.717, 1.165) is 77.6 Å². The highest BCUT2D eigenvalue weighted by atomic mass is 15.0. The first-order valence-corrected chi connectivity index (χ1v) is 29.0.